The van der Waals surface area contributed by atoms with E-state index in [2.05, 4.69) is 18.1 Å². The van der Waals surface area contributed by atoms with Gasteiger partial charge in [-0.3, -0.25) is 0 Å². The van der Waals surface area contributed by atoms with E-state index in [-0.39, 0.29) is 0 Å². The van der Waals surface area contributed by atoms with Gasteiger partial charge in [0.1, 0.15) is 5.75 Å². The average Bonchev–Trinajstić information content (AvgIpc) is 2.38. The quantitative estimate of drug-likeness (QED) is 0.492. The summed E-state index contributed by atoms with van der Waals surface area (Å²) in [6.07, 6.45) is 5.18. The van der Waals surface area contributed by atoms with E-state index < -0.39 is 0 Å². The van der Waals surface area contributed by atoms with Crippen LogP contribution in [0.15, 0.2) is 23.4 Å². The van der Waals surface area contributed by atoms with Gasteiger partial charge in [0.15, 0.2) is 0 Å². The molecule has 0 aliphatic heterocycles. The van der Waals surface area contributed by atoms with Crippen molar-refractivity contribution >= 4 is 5.71 Å². The molecule has 0 fully saturated rings. The molecule has 1 aromatic rings. The summed E-state index contributed by atoms with van der Waals surface area (Å²) in [5, 5.41) is 12.3. The Morgan fingerprint density at radius 2 is 2.24 bits per heavy atom. The Kier molecular flexibility index (Phi) is 4.02. The lowest BCUT2D eigenvalue weighted by Crippen LogP contribution is -2.12. The maximum absolute atomic E-state index is 8.94. The van der Waals surface area contributed by atoms with E-state index in [1.54, 1.807) is 0 Å². The maximum Gasteiger partial charge on any atom is 0.119 e. The molecule has 3 nitrogen and oxygen atoms in total. The molecular weight excluding hydrogens is 214 g/mol. The van der Waals surface area contributed by atoms with Gasteiger partial charge >= 0.3 is 0 Å². The number of rotatable bonds is 4. The van der Waals surface area contributed by atoms with Crippen LogP contribution in [0.1, 0.15) is 43.7 Å². The van der Waals surface area contributed by atoms with Gasteiger partial charge in [0.25, 0.3) is 0 Å². The highest BCUT2D eigenvalue weighted by Gasteiger charge is 2.16. The molecule has 0 radical (unpaired) electrons. The zero-order chi connectivity index (χ0) is 12.1. The zero-order valence-electron chi connectivity index (χ0n) is 10.3. The largest absolute Gasteiger partial charge is 0.494 e. The van der Waals surface area contributed by atoms with Gasteiger partial charge in [-0.15, -0.1) is 0 Å². The summed E-state index contributed by atoms with van der Waals surface area (Å²) in [5.74, 6) is 0.927. The molecule has 3 heteroatoms. The summed E-state index contributed by atoms with van der Waals surface area (Å²) in [6, 6.07) is 6.05. The van der Waals surface area contributed by atoms with Crippen LogP contribution in [0.5, 0.6) is 5.75 Å². The molecule has 1 aliphatic carbocycles. The number of aryl methyl sites for hydroxylation is 1. The van der Waals surface area contributed by atoms with Crippen LogP contribution < -0.4 is 4.74 Å². The normalized spacial score (nSPS) is 16.9. The van der Waals surface area contributed by atoms with Crippen molar-refractivity contribution in [3.05, 3.63) is 29.3 Å². The van der Waals surface area contributed by atoms with Crippen molar-refractivity contribution in [2.75, 3.05) is 6.61 Å². The van der Waals surface area contributed by atoms with Crippen molar-refractivity contribution in [1.29, 1.82) is 0 Å². The molecule has 0 spiro atoms. The first-order valence-corrected chi connectivity index (χ1v) is 6.32. The van der Waals surface area contributed by atoms with Gasteiger partial charge in [-0.05, 0) is 49.4 Å². The van der Waals surface area contributed by atoms with Crippen LogP contribution in [0.3, 0.4) is 0 Å². The zero-order valence-corrected chi connectivity index (χ0v) is 10.3. The molecule has 2 rings (SSSR count). The third-order valence-corrected chi connectivity index (χ3v) is 3.13. The summed E-state index contributed by atoms with van der Waals surface area (Å²) in [7, 11) is 0. The number of unbranched alkanes of at least 4 members (excludes halogenated alkanes) is 1. The molecule has 92 valence electrons. The molecule has 0 bridgehead atoms. The monoisotopic (exact) mass is 233 g/mol. The second kappa shape index (κ2) is 5.71. The lowest BCUT2D eigenvalue weighted by Gasteiger charge is -2.17. The fourth-order valence-electron chi connectivity index (χ4n) is 2.17. The van der Waals surface area contributed by atoms with Crippen LogP contribution in [0, 0.1) is 0 Å². The smallest absolute Gasteiger partial charge is 0.119 e. The Bertz CT molecular complexity index is 413. The molecule has 0 atom stereocenters. The molecule has 0 aromatic heterocycles. The van der Waals surface area contributed by atoms with Gasteiger partial charge in [-0.1, -0.05) is 18.5 Å². The van der Waals surface area contributed by atoms with E-state index in [0.717, 1.165) is 55.7 Å². The van der Waals surface area contributed by atoms with Crippen molar-refractivity contribution in [2.24, 2.45) is 5.16 Å². The number of hydrogen-bond donors (Lipinski definition) is 1. The standard InChI is InChI=1S/C14H19NO2/c1-2-3-9-17-12-7-8-13-11(10-12)5-4-6-14(13)15-16/h7-8,10,16H,2-6,9H2,1H3. The second-order valence-electron chi connectivity index (χ2n) is 4.42. The van der Waals surface area contributed by atoms with Crippen LogP contribution in [-0.2, 0) is 6.42 Å². The predicted octanol–water partition coefficient (Wildman–Crippen LogP) is 3.38. The molecule has 1 aromatic carbocycles. The minimum absolute atomic E-state index is 0.774. The van der Waals surface area contributed by atoms with Crippen LogP contribution >= 0.6 is 0 Å². The van der Waals surface area contributed by atoms with Gasteiger partial charge in [0.2, 0.25) is 0 Å². The Morgan fingerprint density at radius 1 is 1.35 bits per heavy atom. The summed E-state index contributed by atoms with van der Waals surface area (Å²) in [6.45, 7) is 2.93. The summed E-state index contributed by atoms with van der Waals surface area (Å²) >= 11 is 0. The van der Waals surface area contributed by atoms with E-state index in [1.165, 1.54) is 5.56 Å². The van der Waals surface area contributed by atoms with E-state index in [0.29, 0.717) is 0 Å². The highest BCUT2D eigenvalue weighted by Crippen LogP contribution is 2.26. The minimum Gasteiger partial charge on any atom is -0.494 e. The number of ether oxygens (including phenoxy) is 1. The number of nitrogens with zero attached hydrogens (tertiary/aromatic N) is 1. The molecule has 0 saturated carbocycles. The van der Waals surface area contributed by atoms with Crippen molar-refractivity contribution in [1.82, 2.24) is 0 Å². The van der Waals surface area contributed by atoms with Crippen LogP contribution in [0.25, 0.3) is 0 Å². The lowest BCUT2D eigenvalue weighted by atomic mass is 9.90. The number of benzene rings is 1. The first kappa shape index (κ1) is 12.0. The third kappa shape index (κ3) is 2.78. The Balaban J connectivity index is 2.13. The van der Waals surface area contributed by atoms with E-state index in [1.807, 2.05) is 12.1 Å². The van der Waals surface area contributed by atoms with Crippen molar-refractivity contribution < 1.29 is 9.94 Å². The van der Waals surface area contributed by atoms with Gasteiger partial charge in [0.05, 0.1) is 12.3 Å². The summed E-state index contributed by atoms with van der Waals surface area (Å²) in [5.41, 5.74) is 3.10. The molecule has 1 N–H and O–H groups in total. The van der Waals surface area contributed by atoms with Gasteiger partial charge in [-0.25, -0.2) is 0 Å². The fraction of sp³-hybridized carbons (Fsp3) is 0.500. The Hall–Kier alpha value is -1.51. The fourth-order valence-corrected chi connectivity index (χ4v) is 2.17. The maximum atomic E-state index is 8.94. The second-order valence-corrected chi connectivity index (χ2v) is 4.42. The Labute approximate surface area is 102 Å². The Morgan fingerprint density at radius 3 is 3.00 bits per heavy atom. The number of hydrogen-bond acceptors (Lipinski definition) is 3. The van der Waals surface area contributed by atoms with E-state index in [9.17, 15) is 0 Å². The van der Waals surface area contributed by atoms with E-state index >= 15 is 0 Å². The van der Waals surface area contributed by atoms with Gasteiger partial charge < -0.3 is 9.94 Å². The minimum atomic E-state index is 0.774. The molecule has 0 saturated heterocycles. The molecule has 1 aliphatic rings. The van der Waals surface area contributed by atoms with Crippen molar-refractivity contribution in [2.45, 2.75) is 39.0 Å². The highest BCUT2D eigenvalue weighted by molar-refractivity contribution is 6.02. The lowest BCUT2D eigenvalue weighted by molar-refractivity contribution is 0.308. The molecule has 0 heterocycles. The van der Waals surface area contributed by atoms with Crippen LogP contribution in [0.2, 0.25) is 0 Å². The van der Waals surface area contributed by atoms with E-state index in [4.69, 9.17) is 9.94 Å². The van der Waals surface area contributed by atoms with Crippen LogP contribution in [0.4, 0.5) is 0 Å². The van der Waals surface area contributed by atoms with Gasteiger partial charge in [-0.2, -0.15) is 0 Å². The molecule has 0 amide bonds. The first-order valence-electron chi connectivity index (χ1n) is 6.32. The topological polar surface area (TPSA) is 41.8 Å². The SMILES string of the molecule is CCCCOc1ccc2c(c1)CCCC2=NO. The molecule has 17 heavy (non-hydrogen) atoms. The predicted molar refractivity (Wildman–Crippen MR) is 68.1 cm³/mol. The number of fused-ring (bicyclic) bond motifs is 1. The average molecular weight is 233 g/mol. The summed E-state index contributed by atoms with van der Waals surface area (Å²) in [4.78, 5) is 0. The van der Waals surface area contributed by atoms with Gasteiger partial charge in [0, 0.05) is 5.56 Å². The molecular formula is C14H19NO2. The van der Waals surface area contributed by atoms with Crippen LogP contribution in [-0.4, -0.2) is 17.5 Å². The van der Waals surface area contributed by atoms with Crippen molar-refractivity contribution in [3.8, 4) is 5.75 Å². The highest BCUT2D eigenvalue weighted by atomic mass is 16.5. The number of oxime groups is 1. The first-order chi connectivity index (χ1) is 8.35. The van der Waals surface area contributed by atoms with Crippen molar-refractivity contribution in [3.63, 3.8) is 0 Å². The third-order valence-electron chi connectivity index (χ3n) is 3.13. The summed E-state index contributed by atoms with van der Waals surface area (Å²) < 4.78 is 5.68. The molecule has 0 unspecified atom stereocenters.